The van der Waals surface area contributed by atoms with Crippen LogP contribution in [0, 0.1) is 5.41 Å². The van der Waals surface area contributed by atoms with Crippen LogP contribution in [-0.2, 0) is 9.59 Å². The predicted molar refractivity (Wildman–Crippen MR) is 67.3 cm³/mol. The monoisotopic (exact) mass is 258 g/mol. The van der Waals surface area contributed by atoms with E-state index in [-0.39, 0.29) is 18.2 Å². The van der Waals surface area contributed by atoms with Crippen LogP contribution in [0.3, 0.4) is 0 Å². The normalized spacial score (nSPS) is 13.0. The van der Waals surface area contributed by atoms with Crippen LogP contribution in [0.2, 0.25) is 0 Å². The third-order valence-corrected chi connectivity index (χ3v) is 2.25. The van der Waals surface area contributed by atoms with E-state index in [2.05, 4.69) is 10.6 Å². The molecule has 0 aliphatic heterocycles. The lowest BCUT2D eigenvalue weighted by molar-refractivity contribution is -0.142. The molecule has 0 saturated heterocycles. The maximum Gasteiger partial charge on any atom is 0.326 e. The van der Waals surface area contributed by atoms with E-state index >= 15 is 0 Å². The van der Waals surface area contributed by atoms with Crippen LogP contribution in [0.5, 0.6) is 0 Å². The molecule has 0 fully saturated rings. The van der Waals surface area contributed by atoms with Crippen LogP contribution in [0.15, 0.2) is 0 Å². The summed E-state index contributed by atoms with van der Waals surface area (Å²) in [5.74, 6) is -1.42. The van der Waals surface area contributed by atoms with Gasteiger partial charge in [0.1, 0.15) is 11.8 Å². The van der Waals surface area contributed by atoms with Gasteiger partial charge in [-0.15, -0.1) is 0 Å². The van der Waals surface area contributed by atoms with Crippen molar-refractivity contribution in [1.29, 1.82) is 0 Å². The molecular formula is C12H22N2O4. The molecule has 2 amide bonds. The van der Waals surface area contributed by atoms with Crippen molar-refractivity contribution in [2.24, 2.45) is 5.41 Å². The summed E-state index contributed by atoms with van der Waals surface area (Å²) in [6.07, 6.45) is -0.218. The fourth-order valence-corrected chi connectivity index (χ4v) is 1.15. The number of amides is 2. The smallest absolute Gasteiger partial charge is 0.326 e. The fourth-order valence-electron chi connectivity index (χ4n) is 1.15. The van der Waals surface area contributed by atoms with Gasteiger partial charge in [-0.1, -0.05) is 20.8 Å². The maximum absolute atomic E-state index is 11.7. The molecule has 0 heterocycles. The van der Waals surface area contributed by atoms with Crippen LogP contribution in [0.25, 0.3) is 0 Å². The largest absolute Gasteiger partial charge is 0.480 e. The highest BCUT2D eigenvalue weighted by molar-refractivity contribution is 5.91. The quantitative estimate of drug-likeness (QED) is 0.689. The van der Waals surface area contributed by atoms with Gasteiger partial charge in [-0.3, -0.25) is 4.79 Å². The van der Waals surface area contributed by atoms with E-state index in [0.717, 1.165) is 0 Å². The SMILES string of the molecule is CC(C)NC(=O)NC(CC(=O)C(C)(C)C)C(=O)O. The standard InChI is InChI=1S/C12H22N2O4/c1-7(2)13-11(18)14-8(10(16)17)6-9(15)12(3,4)5/h7-8H,6H2,1-5H3,(H,16,17)(H2,13,14,18). The summed E-state index contributed by atoms with van der Waals surface area (Å²) in [7, 11) is 0. The lowest BCUT2D eigenvalue weighted by Crippen LogP contribution is -2.49. The Morgan fingerprint density at radius 3 is 1.94 bits per heavy atom. The lowest BCUT2D eigenvalue weighted by atomic mass is 9.87. The van der Waals surface area contributed by atoms with Crippen LogP contribution in [-0.4, -0.2) is 35.0 Å². The van der Waals surface area contributed by atoms with Gasteiger partial charge >= 0.3 is 12.0 Å². The van der Waals surface area contributed by atoms with E-state index < -0.39 is 23.5 Å². The van der Waals surface area contributed by atoms with Gasteiger partial charge in [0.05, 0.1) is 0 Å². The average Bonchev–Trinajstić information content (AvgIpc) is 2.13. The molecule has 104 valence electrons. The van der Waals surface area contributed by atoms with Crippen molar-refractivity contribution in [1.82, 2.24) is 10.6 Å². The summed E-state index contributed by atoms with van der Waals surface area (Å²) in [4.78, 5) is 34.1. The number of urea groups is 1. The maximum atomic E-state index is 11.7. The van der Waals surface area contributed by atoms with Crippen molar-refractivity contribution >= 4 is 17.8 Å². The van der Waals surface area contributed by atoms with Crippen LogP contribution in [0.1, 0.15) is 41.0 Å². The molecule has 1 unspecified atom stereocenters. The Morgan fingerprint density at radius 1 is 1.11 bits per heavy atom. The molecule has 6 heteroatoms. The molecule has 6 nitrogen and oxygen atoms in total. The highest BCUT2D eigenvalue weighted by Gasteiger charge is 2.29. The molecule has 0 bridgehead atoms. The molecule has 0 aliphatic rings. The van der Waals surface area contributed by atoms with E-state index in [4.69, 9.17) is 5.11 Å². The number of rotatable bonds is 5. The van der Waals surface area contributed by atoms with Crippen molar-refractivity contribution < 1.29 is 19.5 Å². The zero-order valence-corrected chi connectivity index (χ0v) is 11.5. The number of hydrogen-bond acceptors (Lipinski definition) is 3. The molecule has 0 aromatic rings. The number of carbonyl (C=O) groups is 3. The summed E-state index contributed by atoms with van der Waals surface area (Å²) in [5, 5.41) is 13.8. The third-order valence-electron chi connectivity index (χ3n) is 2.25. The lowest BCUT2D eigenvalue weighted by Gasteiger charge is -2.21. The van der Waals surface area contributed by atoms with Gasteiger partial charge in [-0.2, -0.15) is 0 Å². The number of aliphatic carboxylic acids is 1. The molecule has 0 aromatic heterocycles. The Kier molecular flexibility index (Phi) is 5.81. The van der Waals surface area contributed by atoms with Crippen molar-refractivity contribution in [3.05, 3.63) is 0 Å². The minimum absolute atomic E-state index is 0.0993. The van der Waals surface area contributed by atoms with Gasteiger partial charge in [0, 0.05) is 17.9 Å². The van der Waals surface area contributed by atoms with E-state index in [0.29, 0.717) is 0 Å². The van der Waals surface area contributed by atoms with Crippen molar-refractivity contribution in [2.75, 3.05) is 0 Å². The molecule has 18 heavy (non-hydrogen) atoms. The average molecular weight is 258 g/mol. The molecule has 0 radical (unpaired) electrons. The molecule has 0 rings (SSSR count). The highest BCUT2D eigenvalue weighted by Crippen LogP contribution is 2.17. The first-order valence-corrected chi connectivity index (χ1v) is 5.87. The summed E-state index contributed by atoms with van der Waals surface area (Å²) in [6.45, 7) is 8.65. The van der Waals surface area contributed by atoms with Crippen LogP contribution >= 0.6 is 0 Å². The zero-order chi connectivity index (χ0) is 14.5. The van der Waals surface area contributed by atoms with Crippen LogP contribution in [0.4, 0.5) is 4.79 Å². The summed E-state index contributed by atoms with van der Waals surface area (Å²) in [5.41, 5.74) is -0.621. The van der Waals surface area contributed by atoms with Crippen molar-refractivity contribution in [2.45, 2.75) is 53.1 Å². The Balaban J connectivity index is 4.56. The molecule has 0 spiro atoms. The number of Topliss-reactive ketones (excluding diaryl/α,β-unsaturated/α-hetero) is 1. The summed E-state index contributed by atoms with van der Waals surface area (Å²) < 4.78 is 0. The molecule has 3 N–H and O–H groups in total. The minimum Gasteiger partial charge on any atom is -0.480 e. The Bertz CT molecular complexity index is 331. The topological polar surface area (TPSA) is 95.5 Å². The van der Waals surface area contributed by atoms with Gasteiger partial charge in [0.25, 0.3) is 0 Å². The van der Waals surface area contributed by atoms with E-state index in [1.807, 2.05) is 0 Å². The third kappa shape index (κ3) is 6.22. The van der Waals surface area contributed by atoms with E-state index in [1.165, 1.54) is 0 Å². The number of carbonyl (C=O) groups excluding carboxylic acids is 2. The molecule has 0 aromatic carbocycles. The Labute approximate surface area is 107 Å². The van der Waals surface area contributed by atoms with Gasteiger partial charge in [-0.05, 0) is 13.8 Å². The van der Waals surface area contributed by atoms with E-state index in [1.54, 1.807) is 34.6 Å². The van der Waals surface area contributed by atoms with E-state index in [9.17, 15) is 14.4 Å². The molecule has 0 aliphatic carbocycles. The summed E-state index contributed by atoms with van der Waals surface area (Å²) >= 11 is 0. The number of carboxylic acids is 1. The van der Waals surface area contributed by atoms with Crippen LogP contribution < -0.4 is 10.6 Å². The van der Waals surface area contributed by atoms with Crippen molar-refractivity contribution in [3.63, 3.8) is 0 Å². The fraction of sp³-hybridized carbons (Fsp3) is 0.750. The minimum atomic E-state index is -1.22. The molecular weight excluding hydrogens is 236 g/mol. The number of ketones is 1. The van der Waals surface area contributed by atoms with Gasteiger partial charge < -0.3 is 15.7 Å². The zero-order valence-electron chi connectivity index (χ0n) is 11.5. The highest BCUT2D eigenvalue weighted by atomic mass is 16.4. The number of carboxylic acid groups (broad SMARTS) is 1. The van der Waals surface area contributed by atoms with Gasteiger partial charge in [0.2, 0.25) is 0 Å². The summed E-state index contributed by atoms with van der Waals surface area (Å²) in [6, 6.07) is -1.88. The second-order valence-corrected chi connectivity index (χ2v) is 5.54. The second-order valence-electron chi connectivity index (χ2n) is 5.54. The first-order chi connectivity index (χ1) is 8.04. The Morgan fingerprint density at radius 2 is 1.61 bits per heavy atom. The molecule has 0 saturated carbocycles. The first kappa shape index (κ1) is 16.4. The number of hydrogen-bond donors (Lipinski definition) is 3. The van der Waals surface area contributed by atoms with Gasteiger partial charge in [-0.25, -0.2) is 9.59 Å². The molecule has 1 atom stereocenters. The van der Waals surface area contributed by atoms with Gasteiger partial charge in [0.15, 0.2) is 0 Å². The van der Waals surface area contributed by atoms with Crippen molar-refractivity contribution in [3.8, 4) is 0 Å². The first-order valence-electron chi connectivity index (χ1n) is 5.87. The Hall–Kier alpha value is -1.59. The second kappa shape index (κ2) is 6.37. The predicted octanol–water partition coefficient (Wildman–Crippen LogP) is 1.15. The number of nitrogens with one attached hydrogen (secondary N) is 2.